The van der Waals surface area contributed by atoms with Crippen LogP contribution in [-0.4, -0.2) is 11.0 Å². The summed E-state index contributed by atoms with van der Waals surface area (Å²) < 4.78 is 32.9. The molecular formula is C8H6F2N2OS. The Hall–Kier alpha value is -1.43. The molecule has 0 saturated carbocycles. The maximum Gasteiger partial charge on any atom is 0.387 e. The monoisotopic (exact) mass is 216 g/mol. The average Bonchev–Trinajstić information content (AvgIpc) is 2.48. The summed E-state index contributed by atoms with van der Waals surface area (Å²) in [7, 11) is 0. The number of ether oxygens (including phenoxy) is 1. The zero-order chi connectivity index (χ0) is 10.1. The molecule has 0 saturated heterocycles. The number of nitrogens with two attached hydrogens (primary N) is 1. The van der Waals surface area contributed by atoms with Gasteiger partial charge in [0.1, 0.15) is 11.6 Å². The van der Waals surface area contributed by atoms with E-state index in [1.54, 1.807) is 12.1 Å². The summed E-state index contributed by atoms with van der Waals surface area (Å²) in [5.74, 6) is 0.296. The van der Waals surface area contributed by atoms with Crippen LogP contribution in [0.3, 0.4) is 0 Å². The van der Waals surface area contributed by atoms with E-state index in [1.807, 2.05) is 0 Å². The first-order valence-electron chi connectivity index (χ1n) is 3.77. The number of rotatable bonds is 2. The number of aromatic nitrogens is 1. The summed E-state index contributed by atoms with van der Waals surface area (Å²) in [4.78, 5) is 0. The summed E-state index contributed by atoms with van der Waals surface area (Å²) in [5.41, 5.74) is 5.53. The third kappa shape index (κ3) is 1.48. The maximum atomic E-state index is 12.0. The molecular weight excluding hydrogens is 210 g/mol. The second-order valence-corrected chi connectivity index (χ2v) is 3.38. The smallest absolute Gasteiger partial charge is 0.387 e. The van der Waals surface area contributed by atoms with E-state index >= 15 is 0 Å². The molecule has 0 atom stereocenters. The highest BCUT2D eigenvalue weighted by Gasteiger charge is 2.12. The molecule has 14 heavy (non-hydrogen) atoms. The van der Waals surface area contributed by atoms with Gasteiger partial charge in [-0.2, -0.15) is 13.2 Å². The standard InChI is InChI=1S/C8H6F2N2OS/c9-8(10)13-4-2-1-3-5-6(4)7(11)12-14-5/h1-3,8H,(H2,11,12). The molecule has 1 heterocycles. The van der Waals surface area contributed by atoms with Crippen LogP contribution in [0.25, 0.3) is 10.1 Å². The van der Waals surface area contributed by atoms with E-state index in [0.29, 0.717) is 5.39 Å². The van der Waals surface area contributed by atoms with Crippen molar-refractivity contribution in [3.8, 4) is 5.75 Å². The highest BCUT2D eigenvalue weighted by atomic mass is 32.1. The Morgan fingerprint density at radius 1 is 1.43 bits per heavy atom. The van der Waals surface area contributed by atoms with E-state index < -0.39 is 6.61 Å². The van der Waals surface area contributed by atoms with Crippen molar-refractivity contribution in [2.75, 3.05) is 5.73 Å². The van der Waals surface area contributed by atoms with Crippen LogP contribution in [0.15, 0.2) is 18.2 Å². The molecule has 2 rings (SSSR count). The van der Waals surface area contributed by atoms with Crippen LogP contribution >= 0.6 is 11.5 Å². The van der Waals surface area contributed by atoms with Crippen molar-refractivity contribution >= 4 is 27.4 Å². The average molecular weight is 216 g/mol. The van der Waals surface area contributed by atoms with E-state index in [2.05, 4.69) is 9.11 Å². The molecule has 2 aromatic rings. The molecule has 0 radical (unpaired) electrons. The first-order chi connectivity index (χ1) is 6.68. The summed E-state index contributed by atoms with van der Waals surface area (Å²) >= 11 is 1.16. The summed E-state index contributed by atoms with van der Waals surface area (Å²) in [5, 5.41) is 0.456. The Labute approximate surface area is 82.3 Å². The molecule has 74 valence electrons. The summed E-state index contributed by atoms with van der Waals surface area (Å²) in [6, 6.07) is 4.82. The van der Waals surface area contributed by atoms with Crippen LogP contribution in [0.4, 0.5) is 14.6 Å². The highest BCUT2D eigenvalue weighted by Crippen LogP contribution is 2.33. The first kappa shape index (κ1) is 9.14. The van der Waals surface area contributed by atoms with Gasteiger partial charge in [-0.15, -0.1) is 0 Å². The predicted molar refractivity (Wildman–Crippen MR) is 50.7 cm³/mol. The minimum atomic E-state index is -2.85. The Morgan fingerprint density at radius 2 is 2.21 bits per heavy atom. The van der Waals surface area contributed by atoms with E-state index in [4.69, 9.17) is 5.73 Å². The van der Waals surface area contributed by atoms with Gasteiger partial charge in [0, 0.05) is 0 Å². The van der Waals surface area contributed by atoms with Crippen molar-refractivity contribution < 1.29 is 13.5 Å². The molecule has 1 aromatic heterocycles. The zero-order valence-corrected chi connectivity index (χ0v) is 7.72. The van der Waals surface area contributed by atoms with Gasteiger partial charge in [0.25, 0.3) is 0 Å². The molecule has 2 N–H and O–H groups in total. The first-order valence-corrected chi connectivity index (χ1v) is 4.54. The van der Waals surface area contributed by atoms with Gasteiger partial charge in [-0.3, -0.25) is 0 Å². The van der Waals surface area contributed by atoms with Crippen LogP contribution in [0.2, 0.25) is 0 Å². The number of anilines is 1. The molecule has 6 heteroatoms. The second kappa shape index (κ2) is 3.38. The lowest BCUT2D eigenvalue weighted by atomic mass is 10.2. The minimum Gasteiger partial charge on any atom is -0.434 e. The SMILES string of the molecule is Nc1nsc2cccc(OC(F)F)c12. The molecule has 0 bridgehead atoms. The Bertz CT molecular complexity index is 458. The third-order valence-corrected chi connectivity index (χ3v) is 2.53. The van der Waals surface area contributed by atoms with E-state index in [0.717, 1.165) is 16.2 Å². The van der Waals surface area contributed by atoms with Crippen molar-refractivity contribution in [1.29, 1.82) is 0 Å². The van der Waals surface area contributed by atoms with Gasteiger partial charge >= 0.3 is 6.61 Å². The summed E-state index contributed by atoms with van der Waals surface area (Å²) in [6.45, 7) is -2.85. The Balaban J connectivity index is 2.57. The minimum absolute atomic E-state index is 0.0729. The predicted octanol–water partition coefficient (Wildman–Crippen LogP) is 2.48. The normalized spacial score (nSPS) is 11.1. The van der Waals surface area contributed by atoms with Gasteiger partial charge in [-0.25, -0.2) is 0 Å². The van der Waals surface area contributed by atoms with Crippen molar-refractivity contribution in [3.05, 3.63) is 18.2 Å². The fraction of sp³-hybridized carbons (Fsp3) is 0.125. The van der Waals surface area contributed by atoms with Crippen LogP contribution < -0.4 is 10.5 Å². The van der Waals surface area contributed by atoms with Gasteiger partial charge < -0.3 is 10.5 Å². The largest absolute Gasteiger partial charge is 0.434 e. The van der Waals surface area contributed by atoms with Crippen molar-refractivity contribution in [1.82, 2.24) is 4.37 Å². The lowest BCUT2D eigenvalue weighted by Gasteiger charge is -2.04. The molecule has 0 amide bonds. The number of nitrogen functional groups attached to an aromatic ring is 1. The zero-order valence-electron chi connectivity index (χ0n) is 6.91. The van der Waals surface area contributed by atoms with Crippen LogP contribution in [-0.2, 0) is 0 Å². The number of benzene rings is 1. The fourth-order valence-electron chi connectivity index (χ4n) is 1.18. The highest BCUT2D eigenvalue weighted by molar-refractivity contribution is 7.13. The topological polar surface area (TPSA) is 48.1 Å². The second-order valence-electron chi connectivity index (χ2n) is 2.58. The van der Waals surface area contributed by atoms with Crippen LogP contribution in [0, 0.1) is 0 Å². The maximum absolute atomic E-state index is 12.0. The quantitative estimate of drug-likeness (QED) is 0.838. The molecule has 0 aliphatic rings. The molecule has 0 aliphatic heterocycles. The summed E-state index contributed by atoms with van der Waals surface area (Å²) in [6.07, 6.45) is 0. The van der Waals surface area contributed by atoms with Crippen LogP contribution in [0.5, 0.6) is 5.75 Å². The van der Waals surface area contributed by atoms with Gasteiger partial charge in [0.2, 0.25) is 0 Å². The van der Waals surface area contributed by atoms with Crippen molar-refractivity contribution in [3.63, 3.8) is 0 Å². The number of halogens is 2. The fourth-order valence-corrected chi connectivity index (χ4v) is 1.90. The van der Waals surface area contributed by atoms with Gasteiger partial charge in [-0.1, -0.05) is 6.07 Å². The van der Waals surface area contributed by atoms with Crippen molar-refractivity contribution in [2.45, 2.75) is 6.61 Å². The Kier molecular flexibility index (Phi) is 2.20. The number of hydrogen-bond acceptors (Lipinski definition) is 4. The number of alkyl halides is 2. The lowest BCUT2D eigenvalue weighted by molar-refractivity contribution is -0.0487. The van der Waals surface area contributed by atoms with Gasteiger partial charge in [0.15, 0.2) is 0 Å². The third-order valence-electron chi connectivity index (χ3n) is 1.70. The van der Waals surface area contributed by atoms with Gasteiger partial charge in [0.05, 0.1) is 10.1 Å². The van der Waals surface area contributed by atoms with E-state index in [1.165, 1.54) is 6.07 Å². The molecule has 1 aromatic carbocycles. The lowest BCUT2D eigenvalue weighted by Crippen LogP contribution is -2.02. The van der Waals surface area contributed by atoms with Crippen LogP contribution in [0.1, 0.15) is 0 Å². The molecule has 0 aliphatic carbocycles. The number of hydrogen-bond donors (Lipinski definition) is 1. The molecule has 3 nitrogen and oxygen atoms in total. The van der Waals surface area contributed by atoms with E-state index in [9.17, 15) is 8.78 Å². The van der Waals surface area contributed by atoms with E-state index in [-0.39, 0.29) is 11.6 Å². The van der Waals surface area contributed by atoms with Gasteiger partial charge in [-0.05, 0) is 23.7 Å². The molecule has 0 unspecified atom stereocenters. The number of fused-ring (bicyclic) bond motifs is 1. The Morgan fingerprint density at radius 3 is 2.93 bits per heavy atom. The molecule has 0 fully saturated rings. The molecule has 0 spiro atoms. The number of nitrogens with zero attached hydrogens (tertiary/aromatic N) is 1. The van der Waals surface area contributed by atoms with Crippen molar-refractivity contribution in [2.24, 2.45) is 0 Å².